The molecule has 1 heterocycles. The molecule has 0 aromatic heterocycles. The van der Waals surface area contributed by atoms with Gasteiger partial charge >= 0.3 is 0 Å². The van der Waals surface area contributed by atoms with Crippen LogP contribution in [0.5, 0.6) is 0 Å². The average Bonchev–Trinajstić information content (AvgIpc) is 2.51. The van der Waals surface area contributed by atoms with Crippen LogP contribution >= 0.6 is 0 Å². The van der Waals surface area contributed by atoms with Crippen molar-refractivity contribution in [2.75, 3.05) is 13.1 Å². The largest absolute Gasteiger partial charge is 0.392 e. The summed E-state index contributed by atoms with van der Waals surface area (Å²) in [7, 11) is -3.24. The third kappa shape index (κ3) is 2.49. The van der Waals surface area contributed by atoms with E-state index in [9.17, 15) is 8.42 Å². The summed E-state index contributed by atoms with van der Waals surface area (Å²) in [5.41, 5.74) is 0. The summed E-state index contributed by atoms with van der Waals surface area (Å²) < 4.78 is 24.8. The summed E-state index contributed by atoms with van der Waals surface area (Å²) in [5, 5.41) is 3.32. The van der Waals surface area contributed by atoms with Crippen molar-refractivity contribution < 1.29 is 13.3 Å². The lowest BCUT2D eigenvalue weighted by atomic mass is 10.3. The van der Waals surface area contributed by atoms with Crippen LogP contribution in [0.1, 0.15) is 27.2 Å². The molecular formula is C9H18N2O3S. The van der Waals surface area contributed by atoms with Crippen molar-refractivity contribution in [1.82, 2.24) is 4.31 Å². The first-order valence-electron chi connectivity index (χ1n) is 4.90. The van der Waals surface area contributed by atoms with Crippen molar-refractivity contribution >= 4 is 16.7 Å². The van der Waals surface area contributed by atoms with Crippen LogP contribution in [-0.4, -0.2) is 43.4 Å². The fourth-order valence-electron chi connectivity index (χ4n) is 1.49. The van der Waals surface area contributed by atoms with Crippen molar-refractivity contribution in [1.29, 1.82) is 0 Å². The Morgan fingerprint density at radius 3 is 2.53 bits per heavy atom. The number of oxime groups is 1. The Morgan fingerprint density at radius 2 is 2.07 bits per heavy atom. The molecule has 0 bridgehead atoms. The zero-order valence-corrected chi connectivity index (χ0v) is 10.2. The molecule has 0 aromatic carbocycles. The van der Waals surface area contributed by atoms with Gasteiger partial charge in [-0.15, -0.1) is 5.16 Å². The Morgan fingerprint density at radius 1 is 1.47 bits per heavy atom. The summed E-state index contributed by atoms with van der Waals surface area (Å²) in [6.07, 6.45) is 0.522. The number of hydrogen-bond donors (Lipinski definition) is 0. The first-order chi connectivity index (χ1) is 6.79. The van der Waals surface area contributed by atoms with E-state index in [0.717, 1.165) is 0 Å². The molecule has 0 radical (unpaired) electrons. The van der Waals surface area contributed by atoms with Gasteiger partial charge in [0.05, 0.1) is 11.3 Å². The first-order valence-corrected chi connectivity index (χ1v) is 6.34. The fraction of sp³-hybridized carbons (Fsp3) is 0.889. The molecule has 0 saturated carbocycles. The summed E-state index contributed by atoms with van der Waals surface area (Å²) in [5.74, 6) is 0. The Kier molecular flexibility index (Phi) is 3.40. The second kappa shape index (κ2) is 4.09. The van der Waals surface area contributed by atoms with E-state index in [4.69, 9.17) is 4.84 Å². The topological polar surface area (TPSA) is 59.0 Å². The molecule has 0 aromatic rings. The number of nitrogens with zero attached hydrogens (tertiary/aromatic N) is 2. The van der Waals surface area contributed by atoms with Crippen LogP contribution in [-0.2, 0) is 14.9 Å². The SMILES string of the molecule is C=NO[C@@H]1CCN(S(=O)(=O)C(C)(C)C)C1. The van der Waals surface area contributed by atoms with Crippen molar-refractivity contribution in [2.24, 2.45) is 5.16 Å². The molecule has 0 N–H and O–H groups in total. The van der Waals surface area contributed by atoms with Crippen LogP contribution in [0.15, 0.2) is 5.16 Å². The molecule has 1 aliphatic heterocycles. The highest BCUT2D eigenvalue weighted by atomic mass is 32.2. The quantitative estimate of drug-likeness (QED) is 0.536. The van der Waals surface area contributed by atoms with Gasteiger partial charge in [0.25, 0.3) is 0 Å². The smallest absolute Gasteiger partial charge is 0.219 e. The van der Waals surface area contributed by atoms with Crippen LogP contribution in [0.2, 0.25) is 0 Å². The Bertz CT molecular complexity index is 332. The van der Waals surface area contributed by atoms with Gasteiger partial charge in [-0.2, -0.15) is 4.31 Å². The molecule has 88 valence electrons. The van der Waals surface area contributed by atoms with E-state index in [2.05, 4.69) is 11.9 Å². The highest BCUT2D eigenvalue weighted by molar-refractivity contribution is 7.90. The monoisotopic (exact) mass is 234 g/mol. The maximum Gasteiger partial charge on any atom is 0.219 e. The molecule has 1 fully saturated rings. The molecule has 0 aliphatic carbocycles. The average molecular weight is 234 g/mol. The minimum atomic E-state index is -3.24. The summed E-state index contributed by atoms with van der Waals surface area (Å²) in [6.45, 7) is 9.18. The van der Waals surface area contributed by atoms with Gasteiger partial charge in [-0.05, 0) is 20.8 Å². The maximum absolute atomic E-state index is 12.0. The zero-order chi connectivity index (χ0) is 11.7. The van der Waals surface area contributed by atoms with E-state index in [1.54, 1.807) is 20.8 Å². The fourth-order valence-corrected chi connectivity index (χ4v) is 2.98. The Balaban J connectivity index is 2.73. The maximum atomic E-state index is 12.0. The van der Waals surface area contributed by atoms with Gasteiger partial charge in [0.1, 0.15) is 6.10 Å². The number of rotatable bonds is 3. The third-order valence-corrected chi connectivity index (χ3v) is 5.00. The standard InChI is InChI=1S/C9H18N2O3S/c1-9(2,3)15(12,13)11-6-5-8(7-11)14-10-4/h8H,4-7H2,1-3H3/t8-/m1/s1. The van der Waals surface area contributed by atoms with Crippen LogP contribution in [0.3, 0.4) is 0 Å². The van der Waals surface area contributed by atoms with Gasteiger partial charge in [-0.3, -0.25) is 0 Å². The van der Waals surface area contributed by atoms with Gasteiger partial charge in [0.15, 0.2) is 0 Å². The second-order valence-corrected chi connectivity index (χ2v) is 7.31. The minimum Gasteiger partial charge on any atom is -0.392 e. The predicted octanol–water partition coefficient (Wildman–Crippen LogP) is 0.821. The van der Waals surface area contributed by atoms with Crippen molar-refractivity contribution in [3.8, 4) is 0 Å². The molecule has 1 aliphatic rings. The van der Waals surface area contributed by atoms with Crippen molar-refractivity contribution in [3.63, 3.8) is 0 Å². The molecule has 1 atom stereocenters. The minimum absolute atomic E-state index is 0.153. The lowest BCUT2D eigenvalue weighted by Crippen LogP contribution is -2.42. The zero-order valence-electron chi connectivity index (χ0n) is 9.43. The highest BCUT2D eigenvalue weighted by Crippen LogP contribution is 2.25. The van der Waals surface area contributed by atoms with Crippen LogP contribution in [0, 0.1) is 0 Å². The molecule has 1 saturated heterocycles. The van der Waals surface area contributed by atoms with E-state index in [0.29, 0.717) is 19.5 Å². The number of sulfonamides is 1. The molecule has 0 unspecified atom stereocenters. The molecule has 6 heteroatoms. The van der Waals surface area contributed by atoms with Gasteiger partial charge in [-0.1, -0.05) is 0 Å². The van der Waals surface area contributed by atoms with Gasteiger partial charge in [0, 0.05) is 19.7 Å². The lowest BCUT2D eigenvalue weighted by molar-refractivity contribution is 0.0719. The van der Waals surface area contributed by atoms with E-state index in [-0.39, 0.29) is 6.10 Å². The molecule has 0 spiro atoms. The van der Waals surface area contributed by atoms with Crippen molar-refractivity contribution in [2.45, 2.75) is 38.0 Å². The lowest BCUT2D eigenvalue weighted by Gasteiger charge is -2.26. The predicted molar refractivity (Wildman–Crippen MR) is 59.3 cm³/mol. The van der Waals surface area contributed by atoms with Gasteiger partial charge < -0.3 is 4.84 Å². The summed E-state index contributed by atoms with van der Waals surface area (Å²) in [4.78, 5) is 4.95. The summed E-state index contributed by atoms with van der Waals surface area (Å²) in [6, 6.07) is 0. The van der Waals surface area contributed by atoms with E-state index < -0.39 is 14.8 Å². The van der Waals surface area contributed by atoms with Gasteiger partial charge in [-0.25, -0.2) is 8.42 Å². The second-order valence-electron chi connectivity index (χ2n) is 4.62. The summed E-state index contributed by atoms with van der Waals surface area (Å²) >= 11 is 0. The number of hydrogen-bond acceptors (Lipinski definition) is 4. The van der Waals surface area contributed by atoms with E-state index >= 15 is 0 Å². The molecular weight excluding hydrogens is 216 g/mol. The van der Waals surface area contributed by atoms with Gasteiger partial charge in [0.2, 0.25) is 10.0 Å². The highest BCUT2D eigenvalue weighted by Gasteiger charge is 2.39. The molecule has 0 amide bonds. The molecule has 15 heavy (non-hydrogen) atoms. The Labute approximate surface area is 91.1 Å². The van der Waals surface area contributed by atoms with Crippen molar-refractivity contribution in [3.05, 3.63) is 0 Å². The Hall–Kier alpha value is -0.620. The van der Waals surface area contributed by atoms with E-state index in [1.807, 2.05) is 0 Å². The van der Waals surface area contributed by atoms with E-state index in [1.165, 1.54) is 4.31 Å². The molecule has 1 rings (SSSR count). The normalized spacial score (nSPS) is 24.1. The van der Waals surface area contributed by atoms with Crippen LogP contribution < -0.4 is 0 Å². The third-order valence-electron chi connectivity index (χ3n) is 2.45. The first kappa shape index (κ1) is 12.4. The molecule has 5 nitrogen and oxygen atoms in total. The van der Waals surface area contributed by atoms with Crippen LogP contribution in [0.4, 0.5) is 0 Å². The van der Waals surface area contributed by atoms with Crippen LogP contribution in [0.25, 0.3) is 0 Å².